The van der Waals surface area contributed by atoms with Crippen molar-refractivity contribution in [2.24, 2.45) is 0 Å². The molecule has 0 saturated heterocycles. The molecular weight excluding hydrogens is 190 g/mol. The van der Waals surface area contributed by atoms with Crippen molar-refractivity contribution >= 4 is 0 Å². The Bertz CT molecular complexity index is 140. The van der Waals surface area contributed by atoms with Gasteiger partial charge >= 0.3 is 0 Å². The van der Waals surface area contributed by atoms with Crippen LogP contribution < -0.4 is 5.32 Å². The van der Waals surface area contributed by atoms with Crippen LogP contribution in [0, 0.1) is 0 Å². The maximum Gasteiger partial charge on any atom is 0.131 e. The zero-order valence-electron chi connectivity index (χ0n) is 10.6. The average Bonchev–Trinajstić information content (AvgIpc) is 2.16. The van der Waals surface area contributed by atoms with E-state index in [1.165, 1.54) is 19.3 Å². The molecule has 0 aliphatic carbocycles. The predicted octanol–water partition coefficient (Wildman–Crippen LogP) is 2.29. The van der Waals surface area contributed by atoms with E-state index in [-0.39, 0.29) is 12.2 Å². The van der Waals surface area contributed by atoms with Gasteiger partial charge in [-0.25, -0.2) is 0 Å². The van der Waals surface area contributed by atoms with Crippen LogP contribution in [0.2, 0.25) is 0 Å². The standard InChI is InChI=1S/C12H27NO2/c1-5-6-7-8-9-13-12(14)11(4)15-10(2)3/h10-14H,5-9H2,1-4H3/t11-,12-/m0/s1. The predicted molar refractivity (Wildman–Crippen MR) is 63.8 cm³/mol. The first-order valence-corrected chi connectivity index (χ1v) is 6.14. The van der Waals surface area contributed by atoms with Crippen LogP contribution >= 0.6 is 0 Å². The zero-order chi connectivity index (χ0) is 11.7. The Morgan fingerprint density at radius 3 is 2.33 bits per heavy atom. The molecule has 2 atom stereocenters. The molecule has 92 valence electrons. The minimum Gasteiger partial charge on any atom is -0.376 e. The average molecular weight is 217 g/mol. The van der Waals surface area contributed by atoms with E-state index in [2.05, 4.69) is 12.2 Å². The van der Waals surface area contributed by atoms with Crippen LogP contribution in [0.5, 0.6) is 0 Å². The summed E-state index contributed by atoms with van der Waals surface area (Å²) in [6, 6.07) is 0. The molecule has 0 saturated carbocycles. The summed E-state index contributed by atoms with van der Waals surface area (Å²) in [5, 5.41) is 12.8. The highest BCUT2D eigenvalue weighted by molar-refractivity contribution is 4.62. The Balaban J connectivity index is 3.42. The summed E-state index contributed by atoms with van der Waals surface area (Å²) in [6.45, 7) is 8.91. The zero-order valence-corrected chi connectivity index (χ0v) is 10.6. The fourth-order valence-corrected chi connectivity index (χ4v) is 1.47. The SMILES string of the molecule is CCCCCCN[C@@H](O)[C@H](C)OC(C)C. The number of rotatable bonds is 9. The lowest BCUT2D eigenvalue weighted by molar-refractivity contribution is -0.0666. The van der Waals surface area contributed by atoms with Crippen molar-refractivity contribution < 1.29 is 9.84 Å². The van der Waals surface area contributed by atoms with Crippen LogP contribution in [-0.2, 0) is 4.74 Å². The number of aliphatic hydroxyl groups excluding tert-OH is 1. The van der Waals surface area contributed by atoms with E-state index in [4.69, 9.17) is 4.74 Å². The number of unbranched alkanes of at least 4 members (excludes halogenated alkanes) is 3. The normalized spacial score (nSPS) is 15.6. The fourth-order valence-electron chi connectivity index (χ4n) is 1.47. The van der Waals surface area contributed by atoms with E-state index in [0.29, 0.717) is 0 Å². The summed E-state index contributed by atoms with van der Waals surface area (Å²) in [5.74, 6) is 0. The molecule has 0 bridgehead atoms. The van der Waals surface area contributed by atoms with Gasteiger partial charge in [0, 0.05) is 0 Å². The van der Waals surface area contributed by atoms with Crippen LogP contribution in [0.4, 0.5) is 0 Å². The highest BCUT2D eigenvalue weighted by Crippen LogP contribution is 2.02. The summed E-state index contributed by atoms with van der Waals surface area (Å²) >= 11 is 0. The lowest BCUT2D eigenvalue weighted by atomic mass is 10.2. The second kappa shape index (κ2) is 9.13. The summed E-state index contributed by atoms with van der Waals surface area (Å²) in [7, 11) is 0. The van der Waals surface area contributed by atoms with E-state index in [9.17, 15) is 5.11 Å². The molecule has 0 aromatic heterocycles. The van der Waals surface area contributed by atoms with Crippen molar-refractivity contribution in [2.75, 3.05) is 6.54 Å². The quantitative estimate of drug-likeness (QED) is 0.460. The first-order valence-electron chi connectivity index (χ1n) is 6.14. The van der Waals surface area contributed by atoms with Gasteiger partial charge < -0.3 is 9.84 Å². The maximum atomic E-state index is 9.69. The summed E-state index contributed by atoms with van der Waals surface area (Å²) in [6.07, 6.45) is 4.35. The van der Waals surface area contributed by atoms with Crippen LogP contribution in [0.1, 0.15) is 53.4 Å². The lowest BCUT2D eigenvalue weighted by Crippen LogP contribution is -2.41. The Kier molecular flexibility index (Phi) is 9.06. The van der Waals surface area contributed by atoms with Gasteiger partial charge in [-0.05, 0) is 33.7 Å². The van der Waals surface area contributed by atoms with Gasteiger partial charge in [0.25, 0.3) is 0 Å². The highest BCUT2D eigenvalue weighted by Gasteiger charge is 2.14. The van der Waals surface area contributed by atoms with Crippen LogP contribution in [-0.4, -0.2) is 30.1 Å². The molecule has 0 aromatic carbocycles. The van der Waals surface area contributed by atoms with Gasteiger partial charge in [-0.1, -0.05) is 26.2 Å². The van der Waals surface area contributed by atoms with E-state index in [0.717, 1.165) is 13.0 Å². The topological polar surface area (TPSA) is 41.5 Å². The molecule has 0 amide bonds. The lowest BCUT2D eigenvalue weighted by Gasteiger charge is -2.22. The van der Waals surface area contributed by atoms with Crippen molar-refractivity contribution in [1.82, 2.24) is 5.32 Å². The summed E-state index contributed by atoms with van der Waals surface area (Å²) in [4.78, 5) is 0. The molecule has 0 aliphatic heterocycles. The van der Waals surface area contributed by atoms with Gasteiger partial charge in [-0.2, -0.15) is 0 Å². The molecule has 0 aliphatic rings. The van der Waals surface area contributed by atoms with Crippen LogP contribution in [0.3, 0.4) is 0 Å². The van der Waals surface area contributed by atoms with Gasteiger partial charge in [0.05, 0.1) is 12.2 Å². The number of aliphatic hydroxyl groups is 1. The van der Waals surface area contributed by atoms with Crippen molar-refractivity contribution in [2.45, 2.75) is 71.8 Å². The number of hydrogen-bond acceptors (Lipinski definition) is 3. The van der Waals surface area contributed by atoms with Crippen molar-refractivity contribution in [3.05, 3.63) is 0 Å². The molecule has 2 N–H and O–H groups in total. The van der Waals surface area contributed by atoms with Gasteiger partial charge in [0.15, 0.2) is 0 Å². The third-order valence-electron chi connectivity index (χ3n) is 2.32. The van der Waals surface area contributed by atoms with Crippen LogP contribution in [0.15, 0.2) is 0 Å². The smallest absolute Gasteiger partial charge is 0.131 e. The first-order chi connectivity index (χ1) is 7.07. The van der Waals surface area contributed by atoms with Gasteiger partial charge in [-0.15, -0.1) is 0 Å². The molecule has 0 aromatic rings. The molecule has 15 heavy (non-hydrogen) atoms. The Labute approximate surface area is 94.2 Å². The van der Waals surface area contributed by atoms with Gasteiger partial charge in [-0.3, -0.25) is 5.32 Å². The van der Waals surface area contributed by atoms with Crippen molar-refractivity contribution in [1.29, 1.82) is 0 Å². The molecule has 0 spiro atoms. The Morgan fingerprint density at radius 2 is 1.80 bits per heavy atom. The van der Waals surface area contributed by atoms with E-state index in [1.807, 2.05) is 20.8 Å². The van der Waals surface area contributed by atoms with E-state index >= 15 is 0 Å². The Morgan fingerprint density at radius 1 is 1.13 bits per heavy atom. The fraction of sp³-hybridized carbons (Fsp3) is 1.00. The highest BCUT2D eigenvalue weighted by atomic mass is 16.5. The molecule has 0 radical (unpaired) electrons. The summed E-state index contributed by atoms with van der Waals surface area (Å²) in [5.41, 5.74) is 0. The van der Waals surface area contributed by atoms with E-state index in [1.54, 1.807) is 0 Å². The van der Waals surface area contributed by atoms with Crippen molar-refractivity contribution in [3.63, 3.8) is 0 Å². The molecule has 0 fully saturated rings. The van der Waals surface area contributed by atoms with Gasteiger partial charge in [0.2, 0.25) is 0 Å². The number of hydrogen-bond donors (Lipinski definition) is 2. The molecule has 0 rings (SSSR count). The molecule has 3 nitrogen and oxygen atoms in total. The maximum absolute atomic E-state index is 9.69. The Hall–Kier alpha value is -0.120. The summed E-state index contributed by atoms with van der Waals surface area (Å²) < 4.78 is 5.48. The first kappa shape index (κ1) is 14.9. The number of ether oxygens (including phenoxy) is 1. The molecule has 0 heterocycles. The molecule has 3 heteroatoms. The number of nitrogens with one attached hydrogen (secondary N) is 1. The van der Waals surface area contributed by atoms with Crippen LogP contribution in [0.25, 0.3) is 0 Å². The minimum atomic E-state index is -0.547. The second-order valence-corrected chi connectivity index (χ2v) is 4.35. The molecular formula is C12H27NO2. The second-order valence-electron chi connectivity index (χ2n) is 4.35. The third-order valence-corrected chi connectivity index (χ3v) is 2.32. The largest absolute Gasteiger partial charge is 0.376 e. The monoisotopic (exact) mass is 217 g/mol. The van der Waals surface area contributed by atoms with Gasteiger partial charge in [0.1, 0.15) is 6.23 Å². The molecule has 0 unspecified atom stereocenters. The minimum absolute atomic E-state index is 0.142. The van der Waals surface area contributed by atoms with Crippen molar-refractivity contribution in [3.8, 4) is 0 Å². The van der Waals surface area contributed by atoms with E-state index < -0.39 is 6.23 Å². The third kappa shape index (κ3) is 8.85.